The quantitative estimate of drug-likeness (QED) is 0.420. The second-order valence-electron chi connectivity index (χ2n) is 5.62. The van der Waals surface area contributed by atoms with Crippen LogP contribution in [-0.2, 0) is 10.0 Å². The van der Waals surface area contributed by atoms with Crippen LogP contribution in [0.25, 0.3) is 0 Å². The summed E-state index contributed by atoms with van der Waals surface area (Å²) in [4.78, 5) is 7.74. The maximum absolute atomic E-state index is 12.7. The van der Waals surface area contributed by atoms with Crippen molar-refractivity contribution in [3.63, 3.8) is 0 Å². The summed E-state index contributed by atoms with van der Waals surface area (Å²) in [6, 6.07) is 13.4. The number of sulfonamides is 1. The Hall–Kier alpha value is -2.49. The van der Waals surface area contributed by atoms with E-state index in [1.807, 2.05) is 18.2 Å². The molecule has 0 bridgehead atoms. The van der Waals surface area contributed by atoms with Gasteiger partial charge in [0, 0.05) is 11.8 Å². The molecule has 0 saturated heterocycles. The summed E-state index contributed by atoms with van der Waals surface area (Å²) in [7, 11) is 1.54. The van der Waals surface area contributed by atoms with Crippen molar-refractivity contribution in [2.75, 3.05) is 17.9 Å². The molecule has 0 unspecified atom stereocenters. The highest BCUT2D eigenvalue weighted by Gasteiger charge is 2.22. The summed E-state index contributed by atoms with van der Waals surface area (Å²) in [5.74, 6) is 0.435. The Kier molecular flexibility index (Phi) is 6.84. The average Bonchev–Trinajstić information content (AvgIpc) is 2.70. The third-order valence-electron chi connectivity index (χ3n) is 3.53. The molecule has 1 heterocycles. The number of benzene rings is 2. The highest BCUT2D eigenvalue weighted by atomic mass is 35.5. The number of halogens is 2. The SMILES string of the molecule is [B]c1cnc(NS(=O)(=O)c2cccc(Cl)c2Cl)c(OCCOc2ccccc2)n1. The molecule has 0 saturated carbocycles. The van der Waals surface area contributed by atoms with Crippen LogP contribution in [0.1, 0.15) is 0 Å². The van der Waals surface area contributed by atoms with E-state index < -0.39 is 10.0 Å². The van der Waals surface area contributed by atoms with Crippen LogP contribution in [0.2, 0.25) is 10.0 Å². The van der Waals surface area contributed by atoms with Crippen molar-refractivity contribution < 1.29 is 17.9 Å². The Morgan fingerprint density at radius 3 is 2.48 bits per heavy atom. The molecule has 2 radical (unpaired) electrons. The molecule has 0 amide bonds. The number of hydrogen-bond acceptors (Lipinski definition) is 6. The lowest BCUT2D eigenvalue weighted by atomic mass is 10.1. The van der Waals surface area contributed by atoms with Gasteiger partial charge in [-0.25, -0.2) is 18.4 Å². The molecule has 3 rings (SSSR count). The van der Waals surface area contributed by atoms with Gasteiger partial charge in [0.15, 0.2) is 0 Å². The van der Waals surface area contributed by atoms with Gasteiger partial charge in [-0.15, -0.1) is 0 Å². The molecule has 3 aromatic rings. The summed E-state index contributed by atoms with van der Waals surface area (Å²) >= 11 is 11.9. The minimum absolute atomic E-state index is 0.0627. The summed E-state index contributed by atoms with van der Waals surface area (Å²) in [5, 5.41) is -0.00346. The van der Waals surface area contributed by atoms with Gasteiger partial charge in [0.2, 0.25) is 5.82 Å². The molecule has 0 aliphatic carbocycles. The smallest absolute Gasteiger partial charge is 0.264 e. The molecule has 0 spiro atoms. The number of aromatic nitrogens is 2. The van der Waals surface area contributed by atoms with E-state index in [9.17, 15) is 8.42 Å². The van der Waals surface area contributed by atoms with E-state index in [2.05, 4.69) is 14.7 Å². The fourth-order valence-electron chi connectivity index (χ4n) is 2.24. The van der Waals surface area contributed by atoms with Crippen molar-refractivity contribution in [3.05, 3.63) is 64.8 Å². The van der Waals surface area contributed by atoms with Crippen molar-refractivity contribution in [2.45, 2.75) is 4.90 Å². The molecule has 7 nitrogen and oxygen atoms in total. The van der Waals surface area contributed by atoms with Gasteiger partial charge in [-0.1, -0.05) is 47.5 Å². The van der Waals surface area contributed by atoms with Gasteiger partial charge in [-0.05, 0) is 24.3 Å². The third kappa shape index (κ3) is 5.53. The van der Waals surface area contributed by atoms with Gasteiger partial charge in [0.05, 0.1) is 10.0 Å². The monoisotopic (exact) mass is 449 g/mol. The second kappa shape index (κ2) is 9.34. The Morgan fingerprint density at radius 1 is 1.00 bits per heavy atom. The first-order valence-corrected chi connectivity index (χ1v) is 10.5. The number of anilines is 1. The molecule has 1 aromatic heterocycles. The minimum atomic E-state index is -4.10. The standard InChI is InChI=1S/C18H14BCl2N3O4S/c19-15-11-22-17(24-29(25,26)14-8-4-7-13(20)16(14)21)18(23-15)28-10-9-27-12-5-2-1-3-6-12/h1-8,11H,9-10H2,(H,22,24). The van der Waals surface area contributed by atoms with E-state index in [1.54, 1.807) is 12.1 Å². The van der Waals surface area contributed by atoms with Crippen molar-refractivity contribution >= 4 is 52.5 Å². The van der Waals surface area contributed by atoms with Crippen molar-refractivity contribution in [3.8, 4) is 11.6 Å². The van der Waals surface area contributed by atoms with Crippen LogP contribution in [0.15, 0.2) is 59.6 Å². The van der Waals surface area contributed by atoms with Gasteiger partial charge in [0.25, 0.3) is 15.9 Å². The molecule has 0 aliphatic rings. The van der Waals surface area contributed by atoms with Crippen LogP contribution in [0.4, 0.5) is 5.82 Å². The topological polar surface area (TPSA) is 90.4 Å². The molecule has 29 heavy (non-hydrogen) atoms. The number of hydrogen-bond donors (Lipinski definition) is 1. The largest absolute Gasteiger partial charge is 0.490 e. The van der Waals surface area contributed by atoms with Crippen LogP contribution < -0.4 is 19.8 Å². The Morgan fingerprint density at radius 2 is 1.72 bits per heavy atom. The van der Waals surface area contributed by atoms with E-state index in [4.69, 9.17) is 40.5 Å². The van der Waals surface area contributed by atoms with Gasteiger partial charge >= 0.3 is 0 Å². The second-order valence-corrected chi connectivity index (χ2v) is 8.05. The van der Waals surface area contributed by atoms with Crippen LogP contribution in [-0.4, -0.2) is 39.4 Å². The fourth-order valence-corrected chi connectivity index (χ4v) is 4.01. The lowest BCUT2D eigenvalue weighted by Gasteiger charge is -2.14. The van der Waals surface area contributed by atoms with E-state index in [1.165, 1.54) is 24.4 Å². The minimum Gasteiger partial charge on any atom is -0.490 e. The summed E-state index contributed by atoms with van der Waals surface area (Å²) in [6.45, 7) is 0.284. The fraction of sp³-hybridized carbons (Fsp3) is 0.111. The molecule has 1 N–H and O–H groups in total. The zero-order valence-corrected chi connectivity index (χ0v) is 17.2. The average molecular weight is 450 g/mol. The summed E-state index contributed by atoms with van der Waals surface area (Å²) in [5.41, 5.74) is 0.0627. The van der Waals surface area contributed by atoms with E-state index >= 15 is 0 Å². The Bertz CT molecular complexity index is 1100. The highest BCUT2D eigenvalue weighted by molar-refractivity contribution is 7.92. The number of ether oxygens (including phenoxy) is 2. The van der Waals surface area contributed by atoms with Crippen LogP contribution in [0.3, 0.4) is 0 Å². The van der Waals surface area contributed by atoms with E-state index in [0.717, 1.165) is 0 Å². The molecule has 11 heteroatoms. The van der Waals surface area contributed by atoms with Gasteiger partial charge in [-0.3, -0.25) is 4.72 Å². The third-order valence-corrected chi connectivity index (χ3v) is 5.84. The lowest BCUT2D eigenvalue weighted by Crippen LogP contribution is -2.20. The van der Waals surface area contributed by atoms with E-state index in [-0.39, 0.29) is 45.4 Å². The normalized spacial score (nSPS) is 11.1. The maximum Gasteiger partial charge on any atom is 0.264 e. The number of para-hydroxylation sites is 1. The summed E-state index contributed by atoms with van der Waals surface area (Å²) in [6.07, 6.45) is 1.20. The highest BCUT2D eigenvalue weighted by Crippen LogP contribution is 2.30. The molecule has 0 fully saturated rings. The Labute approximate surface area is 179 Å². The van der Waals surface area contributed by atoms with Crippen LogP contribution in [0, 0.1) is 0 Å². The molecule has 148 valence electrons. The molecule has 0 aliphatic heterocycles. The summed E-state index contributed by atoms with van der Waals surface area (Å²) < 4.78 is 38.7. The van der Waals surface area contributed by atoms with Crippen molar-refractivity contribution in [2.24, 2.45) is 0 Å². The van der Waals surface area contributed by atoms with Crippen molar-refractivity contribution in [1.29, 1.82) is 0 Å². The lowest BCUT2D eigenvalue weighted by molar-refractivity contribution is 0.212. The number of nitrogens with zero attached hydrogens (tertiary/aromatic N) is 2. The molecule has 2 aromatic carbocycles. The first-order chi connectivity index (χ1) is 13.9. The predicted molar refractivity (Wildman–Crippen MR) is 112 cm³/mol. The van der Waals surface area contributed by atoms with Gasteiger partial charge < -0.3 is 9.47 Å². The zero-order chi connectivity index (χ0) is 20.9. The van der Waals surface area contributed by atoms with Gasteiger partial charge in [-0.2, -0.15) is 0 Å². The molecular formula is C18H14BCl2N3O4S. The van der Waals surface area contributed by atoms with E-state index in [0.29, 0.717) is 5.75 Å². The van der Waals surface area contributed by atoms with Crippen molar-refractivity contribution in [1.82, 2.24) is 9.97 Å². The number of nitrogens with one attached hydrogen (secondary N) is 1. The number of rotatable bonds is 8. The van der Waals surface area contributed by atoms with Gasteiger partial charge in [0.1, 0.15) is 31.7 Å². The zero-order valence-electron chi connectivity index (χ0n) is 14.9. The molecule has 0 atom stereocenters. The maximum atomic E-state index is 12.7. The van der Waals surface area contributed by atoms with Crippen LogP contribution in [0.5, 0.6) is 11.6 Å². The Balaban J connectivity index is 1.73. The predicted octanol–water partition coefficient (Wildman–Crippen LogP) is 2.84. The molecular weight excluding hydrogens is 436 g/mol. The van der Waals surface area contributed by atoms with Crippen LogP contribution >= 0.6 is 23.2 Å². The first kappa shape index (κ1) is 21.2. The first-order valence-electron chi connectivity index (χ1n) is 8.27.